The zero-order valence-electron chi connectivity index (χ0n) is 8.78. The Morgan fingerprint density at radius 3 is 2.75 bits per heavy atom. The van der Waals surface area contributed by atoms with Crippen LogP contribution in [0.5, 0.6) is 0 Å². The van der Waals surface area contributed by atoms with Crippen molar-refractivity contribution < 1.29 is 19.3 Å². The largest absolute Gasteiger partial charge is 0.394 e. The Morgan fingerprint density at radius 2 is 2.00 bits per heavy atom. The van der Waals surface area contributed by atoms with Crippen molar-refractivity contribution in [3.63, 3.8) is 0 Å². The van der Waals surface area contributed by atoms with E-state index < -0.39 is 0 Å². The summed E-state index contributed by atoms with van der Waals surface area (Å²) in [7, 11) is 0. The topological polar surface area (TPSA) is 47.9 Å². The Bertz CT molecular complexity index is 353. The van der Waals surface area contributed by atoms with E-state index in [9.17, 15) is 0 Å². The van der Waals surface area contributed by atoms with Gasteiger partial charge in [0.05, 0.1) is 13.2 Å². The number of hydrogen-bond acceptors (Lipinski definition) is 4. The molecule has 2 aliphatic rings. The first-order valence-electron chi connectivity index (χ1n) is 5.47. The van der Waals surface area contributed by atoms with Gasteiger partial charge in [0, 0.05) is 5.56 Å². The van der Waals surface area contributed by atoms with Gasteiger partial charge in [0.15, 0.2) is 6.29 Å². The van der Waals surface area contributed by atoms with Gasteiger partial charge in [-0.15, -0.1) is 0 Å². The van der Waals surface area contributed by atoms with Crippen molar-refractivity contribution in [2.75, 3.05) is 13.2 Å². The molecule has 1 aromatic carbocycles. The van der Waals surface area contributed by atoms with Gasteiger partial charge in [-0.1, -0.05) is 30.3 Å². The highest BCUT2D eigenvalue weighted by Gasteiger charge is 2.46. The Balaban J connectivity index is 1.74. The molecule has 2 heterocycles. The molecule has 4 nitrogen and oxygen atoms in total. The van der Waals surface area contributed by atoms with Crippen LogP contribution >= 0.6 is 0 Å². The fraction of sp³-hybridized carbons (Fsp3) is 0.500. The fourth-order valence-corrected chi connectivity index (χ4v) is 2.20. The maximum absolute atomic E-state index is 9.11. The van der Waals surface area contributed by atoms with Crippen LogP contribution in [0.3, 0.4) is 0 Å². The second-order valence-corrected chi connectivity index (χ2v) is 4.07. The van der Waals surface area contributed by atoms with Gasteiger partial charge in [-0.2, -0.15) is 0 Å². The summed E-state index contributed by atoms with van der Waals surface area (Å²) in [6.07, 6.45) is -0.773. The first-order chi connectivity index (χ1) is 7.88. The second kappa shape index (κ2) is 4.14. The van der Waals surface area contributed by atoms with Crippen LogP contribution in [-0.4, -0.2) is 36.6 Å². The van der Waals surface area contributed by atoms with E-state index in [0.717, 1.165) is 5.56 Å². The summed E-state index contributed by atoms with van der Waals surface area (Å²) in [4.78, 5) is 0. The highest BCUT2D eigenvalue weighted by atomic mass is 16.8. The number of aliphatic hydroxyl groups excluding tert-OH is 1. The van der Waals surface area contributed by atoms with E-state index in [2.05, 4.69) is 0 Å². The van der Waals surface area contributed by atoms with Crippen molar-refractivity contribution in [3.05, 3.63) is 35.9 Å². The van der Waals surface area contributed by atoms with Gasteiger partial charge in [0.2, 0.25) is 0 Å². The average Bonchev–Trinajstić information content (AvgIpc) is 2.89. The third kappa shape index (κ3) is 1.64. The predicted octanol–water partition coefficient (Wildman–Crippen LogP) is 0.860. The first-order valence-corrected chi connectivity index (χ1v) is 5.47. The molecule has 1 unspecified atom stereocenters. The van der Waals surface area contributed by atoms with Crippen LogP contribution in [0.15, 0.2) is 30.3 Å². The molecule has 16 heavy (non-hydrogen) atoms. The number of ether oxygens (including phenoxy) is 3. The monoisotopic (exact) mass is 222 g/mol. The van der Waals surface area contributed by atoms with Gasteiger partial charge in [0.25, 0.3) is 0 Å². The minimum atomic E-state index is -0.325. The molecule has 1 aromatic rings. The number of fused-ring (bicyclic) bond motifs is 1. The maximum atomic E-state index is 9.11. The average molecular weight is 222 g/mol. The smallest absolute Gasteiger partial charge is 0.184 e. The van der Waals surface area contributed by atoms with Gasteiger partial charge in [-0.3, -0.25) is 0 Å². The van der Waals surface area contributed by atoms with Crippen LogP contribution in [0.25, 0.3) is 0 Å². The SMILES string of the molecule is OC[C@H]1OC[C@H]2OC(c3ccccc3)O[C@H]12. The molecule has 0 saturated carbocycles. The van der Waals surface area contributed by atoms with Crippen LogP contribution in [0.1, 0.15) is 11.9 Å². The zero-order chi connectivity index (χ0) is 11.0. The number of rotatable bonds is 2. The van der Waals surface area contributed by atoms with E-state index >= 15 is 0 Å². The van der Waals surface area contributed by atoms with Crippen LogP contribution in [0.2, 0.25) is 0 Å². The van der Waals surface area contributed by atoms with E-state index in [1.807, 2.05) is 30.3 Å². The minimum Gasteiger partial charge on any atom is -0.394 e. The fourth-order valence-electron chi connectivity index (χ4n) is 2.20. The van der Waals surface area contributed by atoms with Gasteiger partial charge in [-0.05, 0) is 0 Å². The van der Waals surface area contributed by atoms with Crippen molar-refractivity contribution in [1.29, 1.82) is 0 Å². The molecule has 0 spiro atoms. The molecule has 2 saturated heterocycles. The summed E-state index contributed by atoms with van der Waals surface area (Å²) < 4.78 is 16.9. The van der Waals surface area contributed by atoms with Crippen molar-refractivity contribution in [2.24, 2.45) is 0 Å². The maximum Gasteiger partial charge on any atom is 0.184 e. The van der Waals surface area contributed by atoms with Gasteiger partial charge in [-0.25, -0.2) is 0 Å². The van der Waals surface area contributed by atoms with Gasteiger partial charge >= 0.3 is 0 Å². The van der Waals surface area contributed by atoms with Crippen LogP contribution in [-0.2, 0) is 14.2 Å². The molecular formula is C12H14O4. The molecule has 4 atom stereocenters. The van der Waals surface area contributed by atoms with Crippen LogP contribution in [0.4, 0.5) is 0 Å². The molecule has 0 aliphatic carbocycles. The van der Waals surface area contributed by atoms with E-state index in [4.69, 9.17) is 19.3 Å². The highest BCUT2D eigenvalue weighted by molar-refractivity contribution is 5.17. The quantitative estimate of drug-likeness (QED) is 0.806. The molecule has 2 aliphatic heterocycles. The Kier molecular flexibility index (Phi) is 2.65. The summed E-state index contributed by atoms with van der Waals surface area (Å²) in [6, 6.07) is 9.81. The molecule has 4 heteroatoms. The van der Waals surface area contributed by atoms with Gasteiger partial charge < -0.3 is 19.3 Å². The third-order valence-electron chi connectivity index (χ3n) is 3.04. The summed E-state index contributed by atoms with van der Waals surface area (Å²) in [6.45, 7) is 0.477. The molecule has 0 radical (unpaired) electrons. The van der Waals surface area contributed by atoms with Crippen molar-refractivity contribution in [3.8, 4) is 0 Å². The molecular weight excluding hydrogens is 208 g/mol. The molecule has 0 bridgehead atoms. The summed E-state index contributed by atoms with van der Waals surface area (Å²) in [5, 5.41) is 9.11. The standard InChI is InChI=1S/C12H14O4/c13-6-9-11-10(7-14-9)15-12(16-11)8-4-2-1-3-5-8/h1-5,9-13H,6-7H2/t9-,10-,11-,12?/m1/s1. The summed E-state index contributed by atoms with van der Waals surface area (Å²) >= 11 is 0. The van der Waals surface area contributed by atoms with Crippen LogP contribution < -0.4 is 0 Å². The zero-order valence-corrected chi connectivity index (χ0v) is 8.78. The van der Waals surface area contributed by atoms with E-state index in [-0.39, 0.29) is 31.2 Å². The first kappa shape index (κ1) is 10.2. The summed E-state index contributed by atoms with van der Waals surface area (Å²) in [5.74, 6) is 0. The molecule has 2 fully saturated rings. The minimum absolute atomic E-state index is 0.0218. The van der Waals surface area contributed by atoms with Crippen molar-refractivity contribution in [2.45, 2.75) is 24.6 Å². The van der Waals surface area contributed by atoms with E-state index in [0.29, 0.717) is 6.61 Å². The lowest BCUT2D eigenvalue weighted by Crippen LogP contribution is -2.30. The predicted molar refractivity (Wildman–Crippen MR) is 55.8 cm³/mol. The highest BCUT2D eigenvalue weighted by Crippen LogP contribution is 2.36. The molecule has 0 amide bonds. The Morgan fingerprint density at radius 1 is 1.19 bits per heavy atom. The molecule has 86 valence electrons. The van der Waals surface area contributed by atoms with Crippen molar-refractivity contribution >= 4 is 0 Å². The Hall–Kier alpha value is -0.940. The van der Waals surface area contributed by atoms with Crippen molar-refractivity contribution in [1.82, 2.24) is 0 Å². The number of hydrogen-bond donors (Lipinski definition) is 1. The number of benzene rings is 1. The lowest BCUT2D eigenvalue weighted by Gasteiger charge is -2.15. The summed E-state index contributed by atoms with van der Waals surface area (Å²) in [5.41, 5.74) is 1.01. The van der Waals surface area contributed by atoms with Crippen LogP contribution in [0, 0.1) is 0 Å². The van der Waals surface area contributed by atoms with E-state index in [1.54, 1.807) is 0 Å². The van der Waals surface area contributed by atoms with Gasteiger partial charge in [0.1, 0.15) is 18.3 Å². The number of aliphatic hydroxyl groups is 1. The lowest BCUT2D eigenvalue weighted by atomic mass is 10.2. The molecule has 1 N–H and O–H groups in total. The lowest BCUT2D eigenvalue weighted by molar-refractivity contribution is -0.119. The molecule has 3 rings (SSSR count). The van der Waals surface area contributed by atoms with E-state index in [1.165, 1.54) is 0 Å². The third-order valence-corrected chi connectivity index (χ3v) is 3.04. The second-order valence-electron chi connectivity index (χ2n) is 4.07. The molecule has 0 aromatic heterocycles. The Labute approximate surface area is 93.7 Å². The normalized spacial score (nSPS) is 37.6.